The van der Waals surface area contributed by atoms with Gasteiger partial charge in [0, 0.05) is 11.6 Å². The van der Waals surface area contributed by atoms with Crippen molar-refractivity contribution in [1.29, 1.82) is 0 Å². The van der Waals surface area contributed by atoms with E-state index in [1.807, 2.05) is 12.1 Å². The molecular weight excluding hydrogens is 290 g/mol. The molecule has 1 rings (SSSR count). The van der Waals surface area contributed by atoms with E-state index in [0.717, 1.165) is 5.56 Å². The number of hydrogen-bond donors (Lipinski definition) is 1. The molecule has 0 radical (unpaired) electrons. The number of ether oxygens (including phenoxy) is 1. The van der Waals surface area contributed by atoms with E-state index in [2.05, 4.69) is 9.46 Å². The van der Waals surface area contributed by atoms with E-state index < -0.39 is 16.0 Å². The average molecular weight is 306 g/mol. The van der Waals surface area contributed by atoms with Crippen molar-refractivity contribution in [2.24, 2.45) is 0 Å². The summed E-state index contributed by atoms with van der Waals surface area (Å²) in [4.78, 5) is 10.9. The molecule has 0 aliphatic carbocycles. The maximum absolute atomic E-state index is 11.6. The Hall–Kier alpha value is -1.11. The molecule has 0 fully saturated rings. The first-order valence-electron chi connectivity index (χ1n) is 5.71. The lowest BCUT2D eigenvalue weighted by atomic mass is 10.2. The van der Waals surface area contributed by atoms with Gasteiger partial charge in [0.05, 0.1) is 19.3 Å². The fourth-order valence-corrected chi connectivity index (χ4v) is 2.64. The van der Waals surface area contributed by atoms with Gasteiger partial charge in [-0.1, -0.05) is 23.7 Å². The van der Waals surface area contributed by atoms with Crippen LogP contribution in [0.3, 0.4) is 0 Å². The summed E-state index contributed by atoms with van der Waals surface area (Å²) >= 11 is 5.82. The molecule has 0 unspecified atom stereocenters. The lowest BCUT2D eigenvalue weighted by Gasteiger charge is -2.06. The van der Waals surface area contributed by atoms with Gasteiger partial charge < -0.3 is 4.74 Å². The standard InChI is InChI=1S/C12H16ClNO4S/c1-18-12(15)6-8-19(16,17)14-7-5-10-3-2-4-11(13)9-10/h2-4,9,14H,5-8H2,1H3. The molecular formula is C12H16ClNO4S. The van der Waals surface area contributed by atoms with Crippen LogP contribution in [0.25, 0.3) is 0 Å². The van der Waals surface area contributed by atoms with Crippen LogP contribution < -0.4 is 4.72 Å². The van der Waals surface area contributed by atoms with Crippen molar-refractivity contribution in [2.75, 3.05) is 19.4 Å². The van der Waals surface area contributed by atoms with Crippen molar-refractivity contribution in [3.8, 4) is 0 Å². The second-order valence-corrected chi connectivity index (χ2v) is 6.28. The number of esters is 1. The fourth-order valence-electron chi connectivity index (χ4n) is 1.44. The molecule has 0 aromatic heterocycles. The van der Waals surface area contributed by atoms with Crippen molar-refractivity contribution in [3.05, 3.63) is 34.9 Å². The minimum Gasteiger partial charge on any atom is -0.469 e. The van der Waals surface area contributed by atoms with Crippen LogP contribution in [0.15, 0.2) is 24.3 Å². The Labute approximate surface area is 118 Å². The Balaban J connectivity index is 2.37. The molecule has 7 heteroatoms. The molecule has 0 heterocycles. The predicted molar refractivity (Wildman–Crippen MR) is 73.6 cm³/mol. The van der Waals surface area contributed by atoms with Gasteiger partial charge in [-0.2, -0.15) is 0 Å². The van der Waals surface area contributed by atoms with Crippen LogP contribution in [0.5, 0.6) is 0 Å². The number of rotatable bonds is 7. The zero-order valence-electron chi connectivity index (χ0n) is 10.6. The summed E-state index contributed by atoms with van der Waals surface area (Å²) in [6.45, 7) is 0.268. The van der Waals surface area contributed by atoms with Gasteiger partial charge in [0.1, 0.15) is 0 Å². The molecule has 1 aromatic rings. The number of nitrogens with one attached hydrogen (secondary N) is 1. The highest BCUT2D eigenvalue weighted by atomic mass is 35.5. The minimum atomic E-state index is -3.45. The fraction of sp³-hybridized carbons (Fsp3) is 0.417. The quantitative estimate of drug-likeness (QED) is 0.772. The van der Waals surface area contributed by atoms with Crippen LogP contribution in [-0.2, 0) is 26.0 Å². The van der Waals surface area contributed by atoms with E-state index in [4.69, 9.17) is 11.6 Å². The summed E-state index contributed by atoms with van der Waals surface area (Å²) in [5.74, 6) is -0.810. The van der Waals surface area contributed by atoms with Gasteiger partial charge >= 0.3 is 5.97 Å². The normalized spacial score (nSPS) is 11.3. The predicted octanol–water partition coefficient (Wildman–Crippen LogP) is 1.37. The Bertz CT molecular complexity index is 530. The molecule has 1 N–H and O–H groups in total. The summed E-state index contributed by atoms with van der Waals surface area (Å²) in [6.07, 6.45) is 0.390. The Morgan fingerprint density at radius 1 is 1.42 bits per heavy atom. The first kappa shape index (κ1) is 15.9. The van der Waals surface area contributed by atoms with E-state index in [1.165, 1.54) is 7.11 Å². The van der Waals surface area contributed by atoms with Gasteiger partial charge in [0.25, 0.3) is 0 Å². The van der Waals surface area contributed by atoms with Gasteiger partial charge in [-0.05, 0) is 24.1 Å². The third-order valence-corrected chi connectivity index (χ3v) is 4.05. The Morgan fingerprint density at radius 3 is 2.79 bits per heavy atom. The maximum Gasteiger partial charge on any atom is 0.306 e. The summed E-state index contributed by atoms with van der Waals surface area (Å²) in [6, 6.07) is 7.22. The largest absolute Gasteiger partial charge is 0.469 e. The molecule has 106 valence electrons. The summed E-state index contributed by atoms with van der Waals surface area (Å²) in [5.41, 5.74) is 0.947. The molecule has 19 heavy (non-hydrogen) atoms. The maximum atomic E-state index is 11.6. The number of benzene rings is 1. The summed E-state index contributed by atoms with van der Waals surface area (Å²) in [5, 5.41) is 0.617. The van der Waals surface area contributed by atoms with Crippen LogP contribution in [0.1, 0.15) is 12.0 Å². The van der Waals surface area contributed by atoms with Crippen molar-refractivity contribution in [1.82, 2.24) is 4.72 Å². The SMILES string of the molecule is COC(=O)CCS(=O)(=O)NCCc1cccc(Cl)c1. The second-order valence-electron chi connectivity index (χ2n) is 3.92. The lowest BCUT2D eigenvalue weighted by Crippen LogP contribution is -2.29. The van der Waals surface area contributed by atoms with E-state index in [0.29, 0.717) is 11.4 Å². The first-order chi connectivity index (χ1) is 8.93. The highest BCUT2D eigenvalue weighted by Gasteiger charge is 2.12. The third kappa shape index (κ3) is 6.56. The molecule has 5 nitrogen and oxygen atoms in total. The molecule has 0 bridgehead atoms. The van der Waals surface area contributed by atoms with Crippen LogP contribution in [-0.4, -0.2) is 33.8 Å². The van der Waals surface area contributed by atoms with Crippen molar-refractivity contribution in [2.45, 2.75) is 12.8 Å². The molecule has 0 saturated carbocycles. The summed E-state index contributed by atoms with van der Waals surface area (Å²) < 4.78 is 29.9. The molecule has 0 amide bonds. The van der Waals surface area contributed by atoms with Crippen molar-refractivity contribution < 1.29 is 17.9 Å². The number of sulfonamides is 1. The van der Waals surface area contributed by atoms with E-state index in [-0.39, 0.29) is 18.7 Å². The smallest absolute Gasteiger partial charge is 0.306 e. The van der Waals surface area contributed by atoms with E-state index >= 15 is 0 Å². The van der Waals surface area contributed by atoms with Gasteiger partial charge in [-0.3, -0.25) is 4.79 Å². The second kappa shape index (κ2) is 7.47. The monoisotopic (exact) mass is 305 g/mol. The van der Waals surface area contributed by atoms with E-state index in [1.54, 1.807) is 12.1 Å². The van der Waals surface area contributed by atoms with Crippen LogP contribution in [0.2, 0.25) is 5.02 Å². The molecule has 0 atom stereocenters. The van der Waals surface area contributed by atoms with Crippen LogP contribution >= 0.6 is 11.6 Å². The number of hydrogen-bond acceptors (Lipinski definition) is 4. The van der Waals surface area contributed by atoms with Gasteiger partial charge in [0.2, 0.25) is 10.0 Å². The summed E-state index contributed by atoms with van der Waals surface area (Å²) in [7, 11) is -2.23. The Kier molecular flexibility index (Phi) is 6.27. The van der Waals surface area contributed by atoms with E-state index in [9.17, 15) is 13.2 Å². The number of halogens is 1. The topological polar surface area (TPSA) is 72.5 Å². The minimum absolute atomic E-state index is 0.150. The average Bonchev–Trinajstić information content (AvgIpc) is 2.36. The van der Waals surface area contributed by atoms with Crippen LogP contribution in [0, 0.1) is 0 Å². The van der Waals surface area contributed by atoms with Gasteiger partial charge in [-0.15, -0.1) is 0 Å². The van der Waals surface area contributed by atoms with Crippen molar-refractivity contribution >= 4 is 27.6 Å². The highest BCUT2D eigenvalue weighted by molar-refractivity contribution is 7.89. The zero-order chi connectivity index (χ0) is 14.3. The lowest BCUT2D eigenvalue weighted by molar-refractivity contribution is -0.140. The molecule has 0 spiro atoms. The number of methoxy groups -OCH3 is 1. The zero-order valence-corrected chi connectivity index (χ0v) is 12.1. The molecule has 0 aliphatic heterocycles. The molecule has 1 aromatic carbocycles. The third-order valence-electron chi connectivity index (χ3n) is 2.43. The van der Waals surface area contributed by atoms with Gasteiger partial charge in [-0.25, -0.2) is 13.1 Å². The Morgan fingerprint density at radius 2 is 2.16 bits per heavy atom. The van der Waals surface area contributed by atoms with Gasteiger partial charge in [0.15, 0.2) is 0 Å². The van der Waals surface area contributed by atoms with Crippen LogP contribution in [0.4, 0.5) is 0 Å². The first-order valence-corrected chi connectivity index (χ1v) is 7.74. The highest BCUT2D eigenvalue weighted by Crippen LogP contribution is 2.10. The number of carbonyl (C=O) groups excluding carboxylic acids is 1. The number of carbonyl (C=O) groups is 1. The molecule has 0 aliphatic rings. The molecule has 0 saturated heterocycles. The van der Waals surface area contributed by atoms with Crippen molar-refractivity contribution in [3.63, 3.8) is 0 Å².